The second-order valence-corrected chi connectivity index (χ2v) is 2.84. The zero-order valence-electron chi connectivity index (χ0n) is 7.98. The standard InChI is InChI=1S/C10H10N4O/c15-6-1-3-9-7-14(8-13-9)10-11-4-2-5-12-10/h1-5,7-8,15H,6H2/b3-1+. The van der Waals surface area contributed by atoms with Crippen molar-refractivity contribution < 1.29 is 5.11 Å². The minimum absolute atomic E-state index is 0.00863. The highest BCUT2D eigenvalue weighted by atomic mass is 16.2. The Balaban J connectivity index is 2.24. The lowest BCUT2D eigenvalue weighted by Gasteiger charge is -1.95. The van der Waals surface area contributed by atoms with Gasteiger partial charge in [-0.05, 0) is 12.1 Å². The Morgan fingerprint density at radius 1 is 1.27 bits per heavy atom. The molecule has 0 aromatic carbocycles. The molecule has 2 heterocycles. The van der Waals surface area contributed by atoms with Gasteiger partial charge in [0.05, 0.1) is 12.3 Å². The fourth-order valence-corrected chi connectivity index (χ4v) is 1.13. The minimum Gasteiger partial charge on any atom is -0.392 e. The number of nitrogens with zero attached hydrogens (tertiary/aromatic N) is 4. The van der Waals surface area contributed by atoms with Crippen molar-refractivity contribution in [2.75, 3.05) is 6.61 Å². The third-order valence-corrected chi connectivity index (χ3v) is 1.78. The molecule has 2 aromatic heterocycles. The van der Waals surface area contributed by atoms with E-state index in [2.05, 4.69) is 15.0 Å². The largest absolute Gasteiger partial charge is 0.392 e. The summed E-state index contributed by atoms with van der Waals surface area (Å²) in [6.45, 7) is 0.00863. The van der Waals surface area contributed by atoms with Crippen molar-refractivity contribution in [3.05, 3.63) is 42.8 Å². The maximum Gasteiger partial charge on any atom is 0.234 e. The molecule has 0 aliphatic carbocycles. The van der Waals surface area contributed by atoms with E-state index < -0.39 is 0 Å². The van der Waals surface area contributed by atoms with E-state index in [0.29, 0.717) is 5.95 Å². The Kier molecular flexibility index (Phi) is 2.85. The molecule has 5 heteroatoms. The van der Waals surface area contributed by atoms with Crippen molar-refractivity contribution in [2.45, 2.75) is 0 Å². The number of aliphatic hydroxyl groups is 1. The highest BCUT2D eigenvalue weighted by Crippen LogP contribution is 2.03. The van der Waals surface area contributed by atoms with E-state index in [1.807, 2.05) is 0 Å². The Hall–Kier alpha value is -2.01. The van der Waals surface area contributed by atoms with Gasteiger partial charge in [-0.3, -0.25) is 4.57 Å². The van der Waals surface area contributed by atoms with Gasteiger partial charge in [0.25, 0.3) is 0 Å². The molecule has 0 fully saturated rings. The first-order valence-corrected chi connectivity index (χ1v) is 4.49. The number of imidazole rings is 1. The summed E-state index contributed by atoms with van der Waals surface area (Å²) in [5, 5.41) is 8.61. The zero-order chi connectivity index (χ0) is 10.5. The van der Waals surface area contributed by atoms with E-state index in [-0.39, 0.29) is 6.61 Å². The van der Waals surface area contributed by atoms with Crippen LogP contribution in [-0.2, 0) is 0 Å². The molecule has 0 bridgehead atoms. The molecule has 2 aromatic rings. The summed E-state index contributed by atoms with van der Waals surface area (Å²) in [6.07, 6.45) is 10.1. The summed E-state index contributed by atoms with van der Waals surface area (Å²) in [4.78, 5) is 12.3. The van der Waals surface area contributed by atoms with Crippen LogP contribution >= 0.6 is 0 Å². The van der Waals surface area contributed by atoms with Crippen molar-refractivity contribution in [1.29, 1.82) is 0 Å². The third kappa shape index (κ3) is 2.26. The Bertz CT molecular complexity index is 449. The fourth-order valence-electron chi connectivity index (χ4n) is 1.13. The van der Waals surface area contributed by atoms with Gasteiger partial charge in [-0.15, -0.1) is 0 Å². The Labute approximate surface area is 86.8 Å². The molecule has 0 radical (unpaired) electrons. The van der Waals surface area contributed by atoms with Crippen LogP contribution in [0.1, 0.15) is 5.69 Å². The van der Waals surface area contributed by atoms with Crippen LogP contribution in [0.15, 0.2) is 37.1 Å². The first-order chi connectivity index (χ1) is 7.40. The van der Waals surface area contributed by atoms with Gasteiger partial charge in [-0.2, -0.15) is 0 Å². The molecule has 2 rings (SSSR count). The van der Waals surface area contributed by atoms with Gasteiger partial charge < -0.3 is 5.11 Å². The number of aromatic nitrogens is 4. The number of hydrogen-bond donors (Lipinski definition) is 1. The van der Waals surface area contributed by atoms with Crippen LogP contribution < -0.4 is 0 Å². The summed E-state index contributed by atoms with van der Waals surface area (Å²) in [5.74, 6) is 0.577. The van der Waals surface area contributed by atoms with Crippen molar-refractivity contribution in [3.8, 4) is 5.95 Å². The van der Waals surface area contributed by atoms with Crippen LogP contribution in [0.25, 0.3) is 12.0 Å². The lowest BCUT2D eigenvalue weighted by atomic mass is 10.4. The highest BCUT2D eigenvalue weighted by Gasteiger charge is 1.99. The molecule has 0 atom stereocenters. The fraction of sp³-hybridized carbons (Fsp3) is 0.100. The molecule has 76 valence electrons. The molecule has 0 aliphatic heterocycles. The van der Waals surface area contributed by atoms with Crippen molar-refractivity contribution in [1.82, 2.24) is 19.5 Å². The van der Waals surface area contributed by atoms with E-state index in [1.54, 1.807) is 47.7 Å². The predicted molar refractivity (Wildman–Crippen MR) is 55.3 cm³/mol. The van der Waals surface area contributed by atoms with Crippen molar-refractivity contribution >= 4 is 6.08 Å². The maximum absolute atomic E-state index is 8.61. The molecule has 1 N–H and O–H groups in total. The van der Waals surface area contributed by atoms with Gasteiger partial charge in [0.1, 0.15) is 6.33 Å². The van der Waals surface area contributed by atoms with Gasteiger partial charge in [-0.1, -0.05) is 6.08 Å². The number of aliphatic hydroxyl groups excluding tert-OH is 1. The monoisotopic (exact) mass is 202 g/mol. The van der Waals surface area contributed by atoms with Crippen molar-refractivity contribution in [2.24, 2.45) is 0 Å². The van der Waals surface area contributed by atoms with E-state index in [4.69, 9.17) is 5.11 Å². The average Bonchev–Trinajstić information content (AvgIpc) is 2.76. The topological polar surface area (TPSA) is 63.8 Å². The Morgan fingerprint density at radius 3 is 2.80 bits per heavy atom. The van der Waals surface area contributed by atoms with Crippen LogP contribution in [0.2, 0.25) is 0 Å². The summed E-state index contributed by atoms with van der Waals surface area (Å²) in [7, 11) is 0. The van der Waals surface area contributed by atoms with Gasteiger partial charge in [0.15, 0.2) is 0 Å². The lowest BCUT2D eigenvalue weighted by molar-refractivity contribution is 0.343. The third-order valence-electron chi connectivity index (χ3n) is 1.78. The molecule has 0 aliphatic rings. The normalized spacial score (nSPS) is 11.0. The van der Waals surface area contributed by atoms with Gasteiger partial charge in [0.2, 0.25) is 5.95 Å². The zero-order valence-corrected chi connectivity index (χ0v) is 7.98. The molecule has 0 spiro atoms. The van der Waals surface area contributed by atoms with Crippen LogP contribution in [0.4, 0.5) is 0 Å². The smallest absolute Gasteiger partial charge is 0.234 e. The molecule has 15 heavy (non-hydrogen) atoms. The molecule has 0 saturated carbocycles. The van der Waals surface area contributed by atoms with Crippen LogP contribution in [0.3, 0.4) is 0 Å². The minimum atomic E-state index is 0.00863. The molecule has 5 nitrogen and oxygen atoms in total. The van der Waals surface area contributed by atoms with E-state index >= 15 is 0 Å². The predicted octanol–water partition coefficient (Wildman–Crippen LogP) is 0.668. The maximum atomic E-state index is 8.61. The SMILES string of the molecule is OC/C=C/c1cn(-c2ncccn2)cn1. The molecular formula is C10H10N4O. The number of hydrogen-bond acceptors (Lipinski definition) is 4. The molecular weight excluding hydrogens is 192 g/mol. The van der Waals surface area contributed by atoms with Crippen molar-refractivity contribution in [3.63, 3.8) is 0 Å². The quantitative estimate of drug-likeness (QED) is 0.794. The summed E-state index contributed by atoms with van der Waals surface area (Å²) in [5.41, 5.74) is 0.761. The van der Waals surface area contributed by atoms with Gasteiger partial charge in [-0.25, -0.2) is 15.0 Å². The van der Waals surface area contributed by atoms with E-state index in [0.717, 1.165) is 5.69 Å². The first kappa shape index (κ1) is 9.54. The van der Waals surface area contributed by atoms with Gasteiger partial charge in [0, 0.05) is 18.6 Å². The second-order valence-electron chi connectivity index (χ2n) is 2.84. The average molecular weight is 202 g/mol. The number of rotatable bonds is 3. The van der Waals surface area contributed by atoms with Gasteiger partial charge >= 0.3 is 0 Å². The first-order valence-electron chi connectivity index (χ1n) is 4.49. The van der Waals surface area contributed by atoms with Crippen LogP contribution in [-0.4, -0.2) is 31.2 Å². The van der Waals surface area contributed by atoms with Crippen LogP contribution in [0.5, 0.6) is 0 Å². The van der Waals surface area contributed by atoms with E-state index in [1.165, 1.54) is 0 Å². The molecule has 0 saturated heterocycles. The molecule has 0 amide bonds. The summed E-state index contributed by atoms with van der Waals surface area (Å²) >= 11 is 0. The Morgan fingerprint density at radius 2 is 2.07 bits per heavy atom. The summed E-state index contributed by atoms with van der Waals surface area (Å²) < 4.78 is 1.72. The van der Waals surface area contributed by atoms with E-state index in [9.17, 15) is 0 Å². The lowest BCUT2D eigenvalue weighted by Crippen LogP contribution is -1.96. The molecule has 0 unspecified atom stereocenters. The summed E-state index contributed by atoms with van der Waals surface area (Å²) in [6, 6.07) is 1.76. The second kappa shape index (κ2) is 4.47. The van der Waals surface area contributed by atoms with Crippen LogP contribution in [0, 0.1) is 0 Å². The highest BCUT2D eigenvalue weighted by molar-refractivity contribution is 5.43.